The molecule has 1 unspecified atom stereocenters. The molecule has 0 aromatic heterocycles. The summed E-state index contributed by atoms with van der Waals surface area (Å²) in [5, 5.41) is 1.21. The second-order valence-electron chi connectivity index (χ2n) is 8.82. The SMILES string of the molecule is CC(C)(C)C1CCCN(CC2(CBr)CCCCCC2)CC1. The van der Waals surface area contributed by atoms with Crippen molar-refractivity contribution < 1.29 is 0 Å². The van der Waals surface area contributed by atoms with Gasteiger partial charge >= 0.3 is 0 Å². The second kappa shape index (κ2) is 7.81. The summed E-state index contributed by atoms with van der Waals surface area (Å²) in [6.45, 7) is 11.3. The Hall–Kier alpha value is 0.440. The Kier molecular flexibility index (Phi) is 6.62. The Morgan fingerprint density at radius 3 is 2.19 bits per heavy atom. The van der Waals surface area contributed by atoms with Crippen molar-refractivity contribution in [2.75, 3.05) is 25.0 Å². The minimum Gasteiger partial charge on any atom is -0.303 e. The Bertz CT molecular complexity index is 299. The molecule has 124 valence electrons. The van der Waals surface area contributed by atoms with Crippen LogP contribution in [0, 0.1) is 16.7 Å². The molecule has 2 rings (SSSR count). The van der Waals surface area contributed by atoms with E-state index in [4.69, 9.17) is 0 Å². The zero-order chi connectivity index (χ0) is 15.3. The first-order valence-electron chi connectivity index (χ1n) is 9.24. The van der Waals surface area contributed by atoms with Crippen molar-refractivity contribution in [1.29, 1.82) is 0 Å². The fraction of sp³-hybridized carbons (Fsp3) is 1.00. The van der Waals surface area contributed by atoms with Gasteiger partial charge in [0.2, 0.25) is 0 Å². The van der Waals surface area contributed by atoms with E-state index in [1.165, 1.54) is 82.8 Å². The Labute approximate surface area is 141 Å². The lowest BCUT2D eigenvalue weighted by Crippen LogP contribution is -2.39. The maximum atomic E-state index is 3.87. The molecule has 1 saturated heterocycles. The zero-order valence-corrected chi connectivity index (χ0v) is 16.2. The molecule has 0 amide bonds. The van der Waals surface area contributed by atoms with Crippen LogP contribution in [-0.2, 0) is 0 Å². The third kappa shape index (κ3) is 5.23. The summed E-state index contributed by atoms with van der Waals surface area (Å²) in [7, 11) is 0. The van der Waals surface area contributed by atoms with E-state index in [0.29, 0.717) is 10.8 Å². The van der Waals surface area contributed by atoms with Gasteiger partial charge in [-0.25, -0.2) is 0 Å². The summed E-state index contributed by atoms with van der Waals surface area (Å²) in [5.74, 6) is 0.913. The molecule has 0 spiro atoms. The van der Waals surface area contributed by atoms with Crippen molar-refractivity contribution in [3.8, 4) is 0 Å². The van der Waals surface area contributed by atoms with Crippen LogP contribution >= 0.6 is 15.9 Å². The van der Waals surface area contributed by atoms with Crippen LogP contribution in [0.3, 0.4) is 0 Å². The lowest BCUT2D eigenvalue weighted by Gasteiger charge is -2.37. The van der Waals surface area contributed by atoms with Crippen LogP contribution in [0.1, 0.15) is 78.6 Å². The molecule has 1 atom stereocenters. The van der Waals surface area contributed by atoms with E-state index in [1.807, 2.05) is 0 Å². The molecular formula is C19H36BrN. The van der Waals surface area contributed by atoms with E-state index in [1.54, 1.807) is 0 Å². The molecule has 2 fully saturated rings. The highest BCUT2D eigenvalue weighted by molar-refractivity contribution is 9.09. The number of likely N-dealkylation sites (tertiary alicyclic amines) is 1. The Morgan fingerprint density at radius 1 is 0.952 bits per heavy atom. The molecule has 0 radical (unpaired) electrons. The standard InChI is InChI=1S/C19H36BrN/c1-18(2,3)17-9-8-13-21(14-10-17)16-19(15-20)11-6-4-5-7-12-19/h17H,4-16H2,1-3H3. The topological polar surface area (TPSA) is 3.24 Å². The lowest BCUT2D eigenvalue weighted by molar-refractivity contribution is 0.148. The van der Waals surface area contributed by atoms with E-state index < -0.39 is 0 Å². The lowest BCUT2D eigenvalue weighted by atomic mass is 9.76. The predicted molar refractivity (Wildman–Crippen MR) is 97.2 cm³/mol. The van der Waals surface area contributed by atoms with Crippen LogP contribution in [0.5, 0.6) is 0 Å². The summed E-state index contributed by atoms with van der Waals surface area (Å²) in [5.41, 5.74) is 1.06. The van der Waals surface area contributed by atoms with Crippen LogP contribution in [0.4, 0.5) is 0 Å². The molecule has 1 saturated carbocycles. The smallest absolute Gasteiger partial charge is 0.0100 e. The largest absolute Gasteiger partial charge is 0.303 e. The molecule has 0 aromatic rings. The van der Waals surface area contributed by atoms with Crippen LogP contribution in [0.2, 0.25) is 0 Å². The maximum Gasteiger partial charge on any atom is 0.0100 e. The first-order valence-corrected chi connectivity index (χ1v) is 10.4. The van der Waals surface area contributed by atoms with Crippen molar-refractivity contribution in [3.05, 3.63) is 0 Å². The van der Waals surface area contributed by atoms with Crippen molar-refractivity contribution in [2.24, 2.45) is 16.7 Å². The Balaban J connectivity index is 1.92. The van der Waals surface area contributed by atoms with Crippen LogP contribution < -0.4 is 0 Å². The molecule has 1 aliphatic carbocycles. The van der Waals surface area contributed by atoms with Crippen molar-refractivity contribution in [3.63, 3.8) is 0 Å². The molecular weight excluding hydrogens is 322 g/mol. The number of nitrogens with zero attached hydrogens (tertiary/aromatic N) is 1. The van der Waals surface area contributed by atoms with Gasteiger partial charge in [-0.3, -0.25) is 0 Å². The highest BCUT2D eigenvalue weighted by Crippen LogP contribution is 2.39. The molecule has 1 heterocycles. The fourth-order valence-electron chi connectivity index (χ4n) is 4.47. The molecule has 0 aromatic carbocycles. The van der Waals surface area contributed by atoms with E-state index in [0.717, 1.165) is 5.92 Å². The van der Waals surface area contributed by atoms with Gasteiger partial charge < -0.3 is 4.90 Å². The van der Waals surface area contributed by atoms with Gasteiger partial charge in [-0.2, -0.15) is 0 Å². The number of halogens is 1. The van der Waals surface area contributed by atoms with E-state index in [2.05, 4.69) is 41.6 Å². The quantitative estimate of drug-likeness (QED) is 0.450. The van der Waals surface area contributed by atoms with E-state index in [-0.39, 0.29) is 0 Å². The van der Waals surface area contributed by atoms with Crippen LogP contribution in [0.25, 0.3) is 0 Å². The number of alkyl halides is 1. The van der Waals surface area contributed by atoms with E-state index >= 15 is 0 Å². The van der Waals surface area contributed by atoms with Gasteiger partial charge in [0, 0.05) is 11.9 Å². The fourth-order valence-corrected chi connectivity index (χ4v) is 5.20. The van der Waals surface area contributed by atoms with Gasteiger partial charge in [-0.1, -0.05) is 62.4 Å². The summed E-state index contributed by atoms with van der Waals surface area (Å²) in [6, 6.07) is 0. The van der Waals surface area contributed by atoms with Crippen molar-refractivity contribution in [1.82, 2.24) is 4.90 Å². The molecule has 21 heavy (non-hydrogen) atoms. The average Bonchev–Trinajstić information content (AvgIpc) is 2.79. The monoisotopic (exact) mass is 357 g/mol. The first kappa shape index (κ1) is 17.8. The second-order valence-corrected chi connectivity index (χ2v) is 9.38. The van der Waals surface area contributed by atoms with Crippen LogP contribution in [-0.4, -0.2) is 29.9 Å². The summed E-state index contributed by atoms with van der Waals surface area (Å²) in [6.07, 6.45) is 12.9. The molecule has 1 nitrogen and oxygen atoms in total. The molecule has 2 aliphatic rings. The maximum absolute atomic E-state index is 3.87. The van der Waals surface area contributed by atoms with Gasteiger partial charge in [0.15, 0.2) is 0 Å². The minimum absolute atomic E-state index is 0.492. The zero-order valence-electron chi connectivity index (χ0n) is 14.6. The van der Waals surface area contributed by atoms with Crippen molar-refractivity contribution in [2.45, 2.75) is 78.6 Å². The predicted octanol–water partition coefficient (Wildman–Crippen LogP) is 5.87. The number of hydrogen-bond acceptors (Lipinski definition) is 1. The van der Waals surface area contributed by atoms with Gasteiger partial charge in [-0.15, -0.1) is 0 Å². The van der Waals surface area contributed by atoms with E-state index in [9.17, 15) is 0 Å². The highest BCUT2D eigenvalue weighted by atomic mass is 79.9. The highest BCUT2D eigenvalue weighted by Gasteiger charge is 2.33. The molecule has 1 aliphatic heterocycles. The average molecular weight is 358 g/mol. The minimum atomic E-state index is 0.492. The van der Waals surface area contributed by atoms with Gasteiger partial charge in [0.05, 0.1) is 0 Å². The van der Waals surface area contributed by atoms with Gasteiger partial charge in [0.25, 0.3) is 0 Å². The number of rotatable bonds is 3. The van der Waals surface area contributed by atoms with Gasteiger partial charge in [-0.05, 0) is 61.9 Å². The first-order chi connectivity index (χ1) is 9.95. The normalized spacial score (nSPS) is 28.9. The molecule has 0 N–H and O–H groups in total. The summed E-state index contributed by atoms with van der Waals surface area (Å²) in [4.78, 5) is 2.80. The third-order valence-corrected chi connectivity index (χ3v) is 7.24. The third-order valence-electron chi connectivity index (χ3n) is 6.05. The van der Waals surface area contributed by atoms with Crippen molar-refractivity contribution >= 4 is 15.9 Å². The number of hydrogen-bond donors (Lipinski definition) is 0. The summed E-state index contributed by atoms with van der Waals surface area (Å²) < 4.78 is 0. The van der Waals surface area contributed by atoms with Gasteiger partial charge in [0.1, 0.15) is 0 Å². The Morgan fingerprint density at radius 2 is 1.62 bits per heavy atom. The molecule has 0 bridgehead atoms. The van der Waals surface area contributed by atoms with Crippen LogP contribution in [0.15, 0.2) is 0 Å². The summed E-state index contributed by atoms with van der Waals surface area (Å²) >= 11 is 3.87. The molecule has 2 heteroatoms.